The lowest BCUT2D eigenvalue weighted by molar-refractivity contribution is 0.558. The van der Waals surface area contributed by atoms with Crippen molar-refractivity contribution in [1.82, 2.24) is 4.72 Å². The highest BCUT2D eigenvalue weighted by atomic mass is 32.2. The maximum absolute atomic E-state index is 11.8. The van der Waals surface area contributed by atoms with E-state index in [4.69, 9.17) is 0 Å². The Kier molecular flexibility index (Phi) is 4.74. The van der Waals surface area contributed by atoms with E-state index in [0.29, 0.717) is 6.42 Å². The number of hydrogen-bond acceptors (Lipinski definition) is 3. The molecule has 1 aromatic carbocycles. The SMILES string of the molecule is CCS(=O)(=O)N[C@@H](Cc1ccccc1)c1cccs1. The first-order valence-corrected chi connectivity index (χ1v) is 8.71. The summed E-state index contributed by atoms with van der Waals surface area (Å²) in [6.07, 6.45) is 0.667. The predicted molar refractivity (Wildman–Crippen MR) is 79.8 cm³/mol. The van der Waals surface area contributed by atoms with Gasteiger partial charge in [-0.15, -0.1) is 11.3 Å². The van der Waals surface area contributed by atoms with Crippen LogP contribution in [-0.4, -0.2) is 14.2 Å². The largest absolute Gasteiger partial charge is 0.212 e. The molecule has 0 aliphatic rings. The lowest BCUT2D eigenvalue weighted by atomic mass is 10.1. The average molecular weight is 295 g/mol. The van der Waals surface area contributed by atoms with Crippen molar-refractivity contribution in [2.24, 2.45) is 0 Å². The number of nitrogens with one attached hydrogen (secondary N) is 1. The molecule has 1 atom stereocenters. The van der Waals surface area contributed by atoms with E-state index in [1.54, 1.807) is 18.3 Å². The Balaban J connectivity index is 2.21. The molecule has 2 aromatic rings. The number of sulfonamides is 1. The van der Waals surface area contributed by atoms with Crippen molar-refractivity contribution in [1.29, 1.82) is 0 Å². The maximum atomic E-state index is 11.8. The summed E-state index contributed by atoms with van der Waals surface area (Å²) < 4.78 is 26.4. The van der Waals surface area contributed by atoms with Gasteiger partial charge in [0, 0.05) is 4.88 Å². The van der Waals surface area contributed by atoms with Crippen LogP contribution in [-0.2, 0) is 16.4 Å². The molecule has 0 fully saturated rings. The molecule has 1 aromatic heterocycles. The van der Waals surface area contributed by atoms with Crippen LogP contribution >= 0.6 is 11.3 Å². The molecule has 5 heteroatoms. The van der Waals surface area contributed by atoms with Crippen molar-refractivity contribution in [2.45, 2.75) is 19.4 Å². The molecule has 0 spiro atoms. The monoisotopic (exact) mass is 295 g/mol. The van der Waals surface area contributed by atoms with Crippen LogP contribution in [0.15, 0.2) is 47.8 Å². The summed E-state index contributed by atoms with van der Waals surface area (Å²) in [6, 6.07) is 13.6. The molecule has 1 heterocycles. The highest BCUT2D eigenvalue weighted by molar-refractivity contribution is 7.89. The number of thiophene rings is 1. The van der Waals surface area contributed by atoms with Crippen LogP contribution in [0.3, 0.4) is 0 Å². The van der Waals surface area contributed by atoms with E-state index in [-0.39, 0.29) is 11.8 Å². The predicted octanol–water partition coefficient (Wildman–Crippen LogP) is 2.97. The zero-order chi connectivity index (χ0) is 13.7. The van der Waals surface area contributed by atoms with Gasteiger partial charge in [0.15, 0.2) is 0 Å². The molecule has 0 amide bonds. The Hall–Kier alpha value is -1.17. The summed E-state index contributed by atoms with van der Waals surface area (Å²) in [4.78, 5) is 1.04. The molecular weight excluding hydrogens is 278 g/mol. The van der Waals surface area contributed by atoms with E-state index in [0.717, 1.165) is 10.4 Å². The minimum Gasteiger partial charge on any atom is -0.212 e. The smallest absolute Gasteiger partial charge is 0.211 e. The second-order valence-corrected chi connectivity index (χ2v) is 7.30. The van der Waals surface area contributed by atoms with Crippen LogP contribution in [0.25, 0.3) is 0 Å². The van der Waals surface area contributed by atoms with Gasteiger partial charge in [-0.25, -0.2) is 13.1 Å². The minimum absolute atomic E-state index is 0.101. The Morgan fingerprint density at radius 2 is 1.89 bits per heavy atom. The van der Waals surface area contributed by atoms with Gasteiger partial charge in [-0.2, -0.15) is 0 Å². The summed E-state index contributed by atoms with van der Waals surface area (Å²) >= 11 is 1.57. The first-order chi connectivity index (χ1) is 9.11. The summed E-state index contributed by atoms with van der Waals surface area (Å²) in [6.45, 7) is 1.65. The Labute approximate surface area is 118 Å². The highest BCUT2D eigenvalue weighted by Gasteiger charge is 2.19. The first-order valence-electron chi connectivity index (χ1n) is 6.18. The minimum atomic E-state index is -3.21. The molecule has 3 nitrogen and oxygen atoms in total. The molecule has 0 aliphatic carbocycles. The average Bonchev–Trinajstić information content (AvgIpc) is 2.93. The number of hydrogen-bond donors (Lipinski definition) is 1. The molecule has 1 N–H and O–H groups in total. The zero-order valence-corrected chi connectivity index (χ0v) is 12.4. The number of benzene rings is 1. The third-order valence-electron chi connectivity index (χ3n) is 2.87. The van der Waals surface area contributed by atoms with Gasteiger partial charge in [0.05, 0.1) is 11.8 Å². The van der Waals surface area contributed by atoms with Crippen molar-refractivity contribution >= 4 is 21.4 Å². The Morgan fingerprint density at radius 3 is 2.47 bits per heavy atom. The molecule has 0 aliphatic heterocycles. The molecule has 0 radical (unpaired) electrons. The standard InChI is InChI=1S/C14H17NO2S2/c1-2-19(16,17)15-13(14-9-6-10-18-14)11-12-7-4-3-5-8-12/h3-10,13,15H,2,11H2,1H3/t13-/m0/s1. The van der Waals surface area contributed by atoms with Crippen LogP contribution < -0.4 is 4.72 Å². The normalized spacial score (nSPS) is 13.3. The van der Waals surface area contributed by atoms with Crippen molar-refractivity contribution in [3.8, 4) is 0 Å². The maximum Gasteiger partial charge on any atom is 0.211 e. The van der Waals surface area contributed by atoms with Gasteiger partial charge in [-0.05, 0) is 30.4 Å². The highest BCUT2D eigenvalue weighted by Crippen LogP contribution is 2.23. The fraction of sp³-hybridized carbons (Fsp3) is 0.286. The zero-order valence-electron chi connectivity index (χ0n) is 10.7. The number of rotatable bonds is 6. The van der Waals surface area contributed by atoms with Gasteiger partial charge >= 0.3 is 0 Å². The quantitative estimate of drug-likeness (QED) is 0.890. The van der Waals surface area contributed by atoms with Crippen LogP contribution in [0.4, 0.5) is 0 Å². The molecule has 0 bridgehead atoms. The van der Waals surface area contributed by atoms with E-state index in [1.807, 2.05) is 47.8 Å². The van der Waals surface area contributed by atoms with Crippen LogP contribution in [0.1, 0.15) is 23.4 Å². The lowest BCUT2D eigenvalue weighted by Crippen LogP contribution is -2.30. The van der Waals surface area contributed by atoms with Crippen LogP contribution in [0.5, 0.6) is 0 Å². The Bertz CT molecular complexity index is 592. The van der Waals surface area contributed by atoms with Gasteiger partial charge in [0.25, 0.3) is 0 Å². The van der Waals surface area contributed by atoms with Crippen LogP contribution in [0.2, 0.25) is 0 Å². The molecule has 2 rings (SSSR count). The lowest BCUT2D eigenvalue weighted by Gasteiger charge is -2.17. The Morgan fingerprint density at radius 1 is 1.16 bits per heavy atom. The summed E-state index contributed by atoms with van der Waals surface area (Å²) in [5, 5.41) is 1.97. The van der Waals surface area contributed by atoms with Crippen molar-refractivity contribution in [3.05, 3.63) is 58.3 Å². The topological polar surface area (TPSA) is 46.2 Å². The van der Waals surface area contributed by atoms with Gasteiger partial charge < -0.3 is 0 Å². The van der Waals surface area contributed by atoms with E-state index >= 15 is 0 Å². The van der Waals surface area contributed by atoms with Gasteiger partial charge in [-0.1, -0.05) is 36.4 Å². The molecule has 0 saturated heterocycles. The van der Waals surface area contributed by atoms with Gasteiger partial charge in [0.1, 0.15) is 0 Å². The third kappa shape index (κ3) is 4.16. The molecule has 19 heavy (non-hydrogen) atoms. The van der Waals surface area contributed by atoms with E-state index in [2.05, 4.69) is 4.72 Å². The third-order valence-corrected chi connectivity index (χ3v) is 5.26. The first kappa shape index (κ1) is 14.2. The summed E-state index contributed by atoms with van der Waals surface area (Å²) in [7, 11) is -3.21. The molecule has 0 unspecified atom stereocenters. The second-order valence-electron chi connectivity index (χ2n) is 4.28. The van der Waals surface area contributed by atoms with Gasteiger partial charge in [0.2, 0.25) is 10.0 Å². The van der Waals surface area contributed by atoms with E-state index in [1.165, 1.54) is 0 Å². The fourth-order valence-corrected chi connectivity index (χ4v) is 3.50. The molecule has 102 valence electrons. The fourth-order valence-electron chi connectivity index (χ4n) is 1.84. The van der Waals surface area contributed by atoms with E-state index < -0.39 is 10.0 Å². The van der Waals surface area contributed by atoms with E-state index in [9.17, 15) is 8.42 Å². The molecular formula is C14H17NO2S2. The van der Waals surface area contributed by atoms with Gasteiger partial charge in [-0.3, -0.25) is 0 Å². The second kappa shape index (κ2) is 6.32. The molecule has 0 saturated carbocycles. The van der Waals surface area contributed by atoms with Crippen molar-refractivity contribution in [3.63, 3.8) is 0 Å². The van der Waals surface area contributed by atoms with Crippen LogP contribution in [0, 0.1) is 0 Å². The summed E-state index contributed by atoms with van der Waals surface area (Å²) in [5.74, 6) is 0.101. The van der Waals surface area contributed by atoms with Crippen molar-refractivity contribution in [2.75, 3.05) is 5.75 Å². The van der Waals surface area contributed by atoms with Crippen molar-refractivity contribution < 1.29 is 8.42 Å². The summed E-state index contributed by atoms with van der Waals surface area (Å²) in [5.41, 5.74) is 1.12.